The van der Waals surface area contributed by atoms with Gasteiger partial charge in [0.15, 0.2) is 0 Å². The van der Waals surface area contributed by atoms with Gasteiger partial charge in [0.05, 0.1) is 12.0 Å². The van der Waals surface area contributed by atoms with Gasteiger partial charge >= 0.3 is 0 Å². The number of pyridine rings is 1. The number of likely N-dealkylation sites (N-methyl/N-ethyl adjacent to an activating group) is 1. The van der Waals surface area contributed by atoms with E-state index < -0.39 is 11.5 Å². The van der Waals surface area contributed by atoms with E-state index in [2.05, 4.69) is 22.2 Å². The van der Waals surface area contributed by atoms with Gasteiger partial charge in [-0.2, -0.15) is 0 Å². The summed E-state index contributed by atoms with van der Waals surface area (Å²) in [6.07, 6.45) is 3.64. The number of aromatic amines is 1. The first-order valence-corrected chi connectivity index (χ1v) is 11.2. The van der Waals surface area contributed by atoms with Crippen molar-refractivity contribution >= 4 is 5.91 Å². The second-order valence-electron chi connectivity index (χ2n) is 8.09. The van der Waals surface area contributed by atoms with E-state index in [0.717, 1.165) is 43.9 Å². The maximum absolute atomic E-state index is 12.5. The van der Waals surface area contributed by atoms with Crippen LogP contribution < -0.4 is 15.6 Å². The molecular formula is C25H29N3O5. The number of amides is 1. The first-order valence-electron chi connectivity index (χ1n) is 11.2. The van der Waals surface area contributed by atoms with E-state index in [4.69, 9.17) is 13.9 Å². The molecule has 8 heteroatoms. The number of carbonyl (C=O) groups is 1. The van der Waals surface area contributed by atoms with Crippen molar-refractivity contribution in [3.63, 3.8) is 0 Å². The summed E-state index contributed by atoms with van der Waals surface area (Å²) < 4.78 is 16.6. The fraction of sp³-hybridized carbons (Fsp3) is 0.360. The van der Waals surface area contributed by atoms with Crippen LogP contribution in [0.4, 0.5) is 0 Å². The molecular weight excluding hydrogens is 422 g/mol. The number of nitrogens with one attached hydrogen (secondary N) is 2. The van der Waals surface area contributed by atoms with Gasteiger partial charge in [-0.1, -0.05) is 12.1 Å². The Hall–Kier alpha value is -3.36. The quantitative estimate of drug-likeness (QED) is 0.519. The summed E-state index contributed by atoms with van der Waals surface area (Å²) >= 11 is 0. The summed E-state index contributed by atoms with van der Waals surface area (Å²) in [6.45, 7) is 3.36. The van der Waals surface area contributed by atoms with Gasteiger partial charge in [-0.05, 0) is 61.9 Å². The number of rotatable bonds is 9. The maximum Gasteiger partial charge on any atom is 0.261 e. The predicted octanol–water partition coefficient (Wildman–Crippen LogP) is 3.05. The third kappa shape index (κ3) is 6.12. The van der Waals surface area contributed by atoms with Crippen molar-refractivity contribution in [1.29, 1.82) is 0 Å². The minimum atomic E-state index is -0.466. The topological polar surface area (TPSA) is 96.8 Å². The molecule has 1 aromatic carbocycles. The van der Waals surface area contributed by atoms with Gasteiger partial charge < -0.3 is 24.2 Å². The van der Waals surface area contributed by atoms with Gasteiger partial charge in [0.25, 0.3) is 11.5 Å². The highest BCUT2D eigenvalue weighted by atomic mass is 16.5. The molecule has 0 spiro atoms. The van der Waals surface area contributed by atoms with Crippen LogP contribution in [0.3, 0.4) is 0 Å². The average Bonchev–Trinajstić information content (AvgIpc) is 3.38. The molecule has 3 aromatic rings. The molecule has 174 valence electrons. The molecule has 0 bridgehead atoms. The van der Waals surface area contributed by atoms with Crippen LogP contribution in [0.25, 0.3) is 11.5 Å². The number of hydrogen-bond donors (Lipinski definition) is 2. The zero-order chi connectivity index (χ0) is 23.0. The van der Waals surface area contributed by atoms with E-state index >= 15 is 0 Å². The van der Waals surface area contributed by atoms with Crippen LogP contribution in [0.2, 0.25) is 0 Å². The monoisotopic (exact) mass is 451 g/mol. The summed E-state index contributed by atoms with van der Waals surface area (Å²) in [5, 5.41) is 2.80. The highest BCUT2D eigenvalue weighted by Crippen LogP contribution is 2.17. The number of benzene rings is 1. The smallest absolute Gasteiger partial charge is 0.261 e. The Labute approximate surface area is 192 Å². The van der Waals surface area contributed by atoms with Gasteiger partial charge in [-0.15, -0.1) is 0 Å². The highest BCUT2D eigenvalue weighted by molar-refractivity contribution is 5.94. The highest BCUT2D eigenvalue weighted by Gasteiger charge is 2.18. The Morgan fingerprint density at radius 1 is 1.18 bits per heavy atom. The minimum absolute atomic E-state index is 0.0499. The van der Waals surface area contributed by atoms with E-state index in [-0.39, 0.29) is 12.1 Å². The lowest BCUT2D eigenvalue weighted by atomic mass is 10.1. The molecule has 0 aliphatic carbocycles. The van der Waals surface area contributed by atoms with Crippen LogP contribution >= 0.6 is 0 Å². The molecule has 0 saturated carbocycles. The first kappa shape index (κ1) is 22.8. The van der Waals surface area contributed by atoms with Gasteiger partial charge in [-0.3, -0.25) is 14.5 Å². The van der Waals surface area contributed by atoms with Gasteiger partial charge in [0.1, 0.15) is 23.7 Å². The number of aromatic nitrogens is 1. The van der Waals surface area contributed by atoms with Crippen LogP contribution in [-0.4, -0.2) is 55.2 Å². The third-order valence-corrected chi connectivity index (χ3v) is 5.82. The Morgan fingerprint density at radius 2 is 2.03 bits per heavy atom. The number of hydrogen-bond acceptors (Lipinski definition) is 6. The fourth-order valence-corrected chi connectivity index (χ4v) is 3.87. The van der Waals surface area contributed by atoms with Gasteiger partial charge in [0, 0.05) is 32.3 Å². The number of furan rings is 1. The second-order valence-corrected chi connectivity index (χ2v) is 8.09. The number of nitrogens with zero attached hydrogens (tertiary/aromatic N) is 1. The second kappa shape index (κ2) is 11.0. The molecule has 1 aliphatic rings. The molecule has 1 amide bonds. The van der Waals surface area contributed by atoms with Crippen molar-refractivity contribution in [1.82, 2.24) is 15.2 Å². The molecule has 2 aromatic heterocycles. The van der Waals surface area contributed by atoms with Crippen molar-refractivity contribution in [2.45, 2.75) is 25.4 Å². The first-order chi connectivity index (χ1) is 16.1. The average molecular weight is 452 g/mol. The van der Waals surface area contributed by atoms with Crippen molar-refractivity contribution in [2.75, 3.05) is 33.4 Å². The van der Waals surface area contributed by atoms with E-state index in [1.807, 2.05) is 24.3 Å². The van der Waals surface area contributed by atoms with Crippen LogP contribution in [-0.2, 0) is 11.3 Å². The van der Waals surface area contributed by atoms with Crippen molar-refractivity contribution in [3.05, 3.63) is 76.3 Å². The standard InChI is InChI=1S/C25H29N3O5/c1-28(19-9-13-31-14-10-19)11-15-32-20-5-2-4-18(16-20)17-26-24(29)21-7-8-22(27-25(21)30)23-6-3-12-33-23/h2-8,12,16,19H,9-11,13-15,17H2,1H3,(H,26,29)(H,27,30). The summed E-state index contributed by atoms with van der Waals surface area (Å²) in [5.41, 5.74) is 0.997. The normalized spacial score (nSPS) is 14.4. The van der Waals surface area contributed by atoms with Crippen LogP contribution in [0.5, 0.6) is 5.75 Å². The molecule has 2 N–H and O–H groups in total. The molecule has 0 unspecified atom stereocenters. The number of H-pyrrole nitrogens is 1. The van der Waals surface area contributed by atoms with Crippen LogP contribution in [0.1, 0.15) is 28.8 Å². The van der Waals surface area contributed by atoms with E-state index in [1.165, 1.54) is 12.3 Å². The zero-order valence-corrected chi connectivity index (χ0v) is 18.7. The van der Waals surface area contributed by atoms with Crippen molar-refractivity contribution in [2.24, 2.45) is 0 Å². The summed E-state index contributed by atoms with van der Waals surface area (Å²) in [5.74, 6) is 0.851. The van der Waals surface area contributed by atoms with Gasteiger partial charge in [0.2, 0.25) is 0 Å². The van der Waals surface area contributed by atoms with Crippen LogP contribution in [0.15, 0.2) is 64.0 Å². The Kier molecular flexibility index (Phi) is 7.59. The molecule has 33 heavy (non-hydrogen) atoms. The fourth-order valence-electron chi connectivity index (χ4n) is 3.87. The summed E-state index contributed by atoms with van der Waals surface area (Å²) in [4.78, 5) is 29.9. The van der Waals surface area contributed by atoms with E-state index in [9.17, 15) is 9.59 Å². The molecule has 1 aliphatic heterocycles. The minimum Gasteiger partial charge on any atom is -0.492 e. The molecule has 1 fully saturated rings. The van der Waals surface area contributed by atoms with Crippen molar-refractivity contribution in [3.8, 4) is 17.2 Å². The van der Waals surface area contributed by atoms with E-state index in [0.29, 0.717) is 24.1 Å². The van der Waals surface area contributed by atoms with Gasteiger partial charge in [-0.25, -0.2) is 0 Å². The molecule has 3 heterocycles. The number of carbonyl (C=O) groups excluding carboxylic acids is 1. The summed E-state index contributed by atoms with van der Waals surface area (Å²) in [7, 11) is 2.12. The number of ether oxygens (including phenoxy) is 2. The Morgan fingerprint density at radius 3 is 2.79 bits per heavy atom. The SMILES string of the molecule is CN(CCOc1cccc(CNC(=O)c2ccc(-c3ccco3)[nH]c2=O)c1)C1CCOCC1. The molecule has 0 radical (unpaired) electrons. The lowest BCUT2D eigenvalue weighted by Gasteiger charge is -2.31. The van der Waals surface area contributed by atoms with Crippen molar-refractivity contribution < 1.29 is 18.7 Å². The summed E-state index contributed by atoms with van der Waals surface area (Å²) in [6, 6.07) is 14.8. The largest absolute Gasteiger partial charge is 0.492 e. The Balaban J connectivity index is 1.28. The van der Waals surface area contributed by atoms with Crippen LogP contribution in [0, 0.1) is 0 Å². The lowest BCUT2D eigenvalue weighted by molar-refractivity contribution is 0.0392. The molecule has 4 rings (SSSR count). The Bertz CT molecular complexity index is 1100. The third-order valence-electron chi connectivity index (χ3n) is 5.82. The molecule has 1 saturated heterocycles. The zero-order valence-electron chi connectivity index (χ0n) is 18.7. The maximum atomic E-state index is 12.5. The van der Waals surface area contributed by atoms with E-state index in [1.54, 1.807) is 18.2 Å². The lowest BCUT2D eigenvalue weighted by Crippen LogP contribution is -2.38. The molecule has 0 atom stereocenters. The molecule has 8 nitrogen and oxygen atoms in total. The predicted molar refractivity (Wildman–Crippen MR) is 124 cm³/mol.